The summed E-state index contributed by atoms with van der Waals surface area (Å²) in [5.74, 6) is 0.968. The molecule has 1 aromatic rings. The summed E-state index contributed by atoms with van der Waals surface area (Å²) in [6.45, 7) is 5.46. The molecule has 2 nitrogen and oxygen atoms in total. The molecule has 0 spiro atoms. The van der Waals surface area contributed by atoms with Crippen molar-refractivity contribution in [1.82, 2.24) is 5.32 Å². The Hall–Kier alpha value is -1.28. The van der Waals surface area contributed by atoms with Gasteiger partial charge in [-0.15, -0.1) is 0 Å². The summed E-state index contributed by atoms with van der Waals surface area (Å²) < 4.78 is 0. The van der Waals surface area contributed by atoms with Crippen LogP contribution in [0.3, 0.4) is 0 Å². The lowest BCUT2D eigenvalue weighted by Crippen LogP contribution is -2.05. The number of rotatable bonds is 6. The van der Waals surface area contributed by atoms with Gasteiger partial charge < -0.3 is 10.4 Å². The maximum absolute atomic E-state index is 10.9. The average Bonchev–Trinajstić information content (AvgIpc) is 3.32. The molecule has 22 heavy (non-hydrogen) atoms. The molecule has 120 valence electrons. The third-order valence-electron chi connectivity index (χ3n) is 5.12. The molecule has 2 unspecified atom stereocenters. The van der Waals surface area contributed by atoms with Gasteiger partial charge in [0.15, 0.2) is 0 Å². The topological polar surface area (TPSA) is 42.2 Å². The molecule has 0 amide bonds. The highest BCUT2D eigenvalue weighted by Gasteiger charge is 2.30. The first kappa shape index (κ1) is 15.6. The number of aryl methyl sites for hydroxylation is 1. The van der Waals surface area contributed by atoms with Crippen molar-refractivity contribution in [2.75, 3.05) is 6.54 Å². The second-order valence-corrected chi connectivity index (χ2v) is 7.01. The summed E-state index contributed by atoms with van der Waals surface area (Å²) in [5.41, 5.74) is 5.14. The fraction of sp³-hybridized carbons (Fsp3) is 0.600. The third kappa shape index (κ3) is 3.38. The second kappa shape index (κ2) is 6.87. The zero-order valence-electron chi connectivity index (χ0n) is 14.0. The molecule has 2 heteroatoms. The Bertz CT molecular complexity index is 557. The summed E-state index contributed by atoms with van der Waals surface area (Å²) in [6, 6.07) is 4.84. The van der Waals surface area contributed by atoms with Crippen LogP contribution < -0.4 is 5.32 Å². The van der Waals surface area contributed by atoms with Crippen molar-refractivity contribution in [3.05, 3.63) is 40.5 Å². The quantitative estimate of drug-likeness (QED) is 0.442. The Morgan fingerprint density at radius 2 is 2.09 bits per heavy atom. The van der Waals surface area contributed by atoms with Crippen LogP contribution in [-0.2, 0) is 6.42 Å². The number of nitrogens with one attached hydrogen (secondary N) is 1. The summed E-state index contributed by atoms with van der Waals surface area (Å²) in [5, 5.41) is 14.3. The van der Waals surface area contributed by atoms with Crippen LogP contribution in [-0.4, -0.2) is 11.7 Å². The fourth-order valence-corrected chi connectivity index (χ4v) is 3.76. The van der Waals surface area contributed by atoms with Gasteiger partial charge in [0, 0.05) is 29.6 Å². The van der Waals surface area contributed by atoms with Crippen molar-refractivity contribution in [1.29, 1.82) is 0 Å². The lowest BCUT2D eigenvalue weighted by molar-refractivity contribution is 0.452. The molecule has 1 aliphatic carbocycles. The molecular formula is C20H29NO. The standard InChI is InChI=1S/C20H29NO/c1-3-4-5-8-15-10-11-17(16-9-6-7-14(2)12-16)20(22)19(15)18-13-21-18/h10-12,16,18,21-22H,3-9,13H2,1-2H3. The highest BCUT2D eigenvalue weighted by atomic mass is 16.3. The van der Waals surface area contributed by atoms with E-state index in [9.17, 15) is 5.11 Å². The molecule has 2 atom stereocenters. The van der Waals surface area contributed by atoms with Crippen LogP contribution in [0.2, 0.25) is 0 Å². The molecule has 2 aliphatic rings. The van der Waals surface area contributed by atoms with Gasteiger partial charge in [-0.25, -0.2) is 0 Å². The van der Waals surface area contributed by atoms with Gasteiger partial charge in [0.2, 0.25) is 0 Å². The molecule has 0 bridgehead atoms. The maximum atomic E-state index is 10.9. The Balaban J connectivity index is 1.89. The number of hydrogen-bond donors (Lipinski definition) is 2. The molecule has 1 saturated heterocycles. The minimum atomic E-state index is 0.380. The average molecular weight is 299 g/mol. The molecule has 2 N–H and O–H groups in total. The molecule has 1 aliphatic heterocycles. The normalized spacial score (nSPS) is 24.2. The Morgan fingerprint density at radius 3 is 2.77 bits per heavy atom. The molecule has 0 radical (unpaired) electrons. The fourth-order valence-electron chi connectivity index (χ4n) is 3.76. The van der Waals surface area contributed by atoms with Crippen LogP contribution >= 0.6 is 0 Å². The lowest BCUT2D eigenvalue weighted by atomic mass is 9.83. The van der Waals surface area contributed by atoms with Crippen LogP contribution in [0, 0.1) is 0 Å². The first-order valence-electron chi connectivity index (χ1n) is 8.96. The van der Waals surface area contributed by atoms with Gasteiger partial charge in [0.1, 0.15) is 5.75 Å². The Morgan fingerprint density at radius 1 is 1.27 bits per heavy atom. The third-order valence-corrected chi connectivity index (χ3v) is 5.12. The van der Waals surface area contributed by atoms with Gasteiger partial charge in [-0.3, -0.25) is 0 Å². The van der Waals surface area contributed by atoms with E-state index in [0.717, 1.165) is 24.9 Å². The Labute approximate surface area is 134 Å². The van der Waals surface area contributed by atoms with Crippen LogP contribution in [0.25, 0.3) is 0 Å². The number of unbranched alkanes of at least 4 members (excludes halogenated alkanes) is 2. The zero-order valence-corrected chi connectivity index (χ0v) is 14.0. The first-order valence-corrected chi connectivity index (χ1v) is 8.96. The highest BCUT2D eigenvalue weighted by Crippen LogP contribution is 2.42. The van der Waals surface area contributed by atoms with Gasteiger partial charge in [0.05, 0.1) is 0 Å². The summed E-state index contributed by atoms with van der Waals surface area (Å²) in [4.78, 5) is 0. The van der Waals surface area contributed by atoms with Gasteiger partial charge >= 0.3 is 0 Å². The van der Waals surface area contributed by atoms with E-state index < -0.39 is 0 Å². The number of phenolic OH excluding ortho intramolecular Hbond substituents is 1. The van der Waals surface area contributed by atoms with E-state index in [1.807, 2.05) is 0 Å². The molecule has 1 fully saturated rings. The van der Waals surface area contributed by atoms with Crippen LogP contribution in [0.1, 0.15) is 81.0 Å². The Kier molecular flexibility index (Phi) is 4.87. The van der Waals surface area contributed by atoms with Crippen molar-refractivity contribution < 1.29 is 5.11 Å². The van der Waals surface area contributed by atoms with Crippen molar-refractivity contribution in [2.45, 2.75) is 70.8 Å². The van der Waals surface area contributed by atoms with E-state index in [4.69, 9.17) is 0 Å². The van der Waals surface area contributed by atoms with Crippen molar-refractivity contribution in [3.63, 3.8) is 0 Å². The van der Waals surface area contributed by atoms with E-state index in [-0.39, 0.29) is 0 Å². The van der Waals surface area contributed by atoms with Crippen LogP contribution in [0.4, 0.5) is 0 Å². The molecule has 0 saturated carbocycles. The lowest BCUT2D eigenvalue weighted by Gasteiger charge is -2.23. The van der Waals surface area contributed by atoms with E-state index in [2.05, 4.69) is 37.4 Å². The van der Waals surface area contributed by atoms with E-state index in [1.165, 1.54) is 48.8 Å². The summed E-state index contributed by atoms with van der Waals surface area (Å²) in [7, 11) is 0. The minimum Gasteiger partial charge on any atom is -0.507 e. The molecule has 0 aromatic heterocycles. The van der Waals surface area contributed by atoms with Gasteiger partial charge in [-0.05, 0) is 44.6 Å². The van der Waals surface area contributed by atoms with Gasteiger partial charge in [-0.2, -0.15) is 0 Å². The molecular weight excluding hydrogens is 270 g/mol. The molecule has 1 aromatic carbocycles. The molecule has 3 rings (SSSR count). The zero-order chi connectivity index (χ0) is 15.5. The SMILES string of the molecule is CCCCCc1ccc(C2C=C(C)CCC2)c(O)c1C1CN1. The molecule has 1 heterocycles. The van der Waals surface area contributed by atoms with Crippen LogP contribution in [0.15, 0.2) is 23.8 Å². The smallest absolute Gasteiger partial charge is 0.124 e. The number of phenols is 1. The summed E-state index contributed by atoms with van der Waals surface area (Å²) in [6.07, 6.45) is 10.8. The monoisotopic (exact) mass is 299 g/mol. The predicted molar refractivity (Wildman–Crippen MR) is 92.4 cm³/mol. The second-order valence-electron chi connectivity index (χ2n) is 7.01. The number of aromatic hydroxyl groups is 1. The van der Waals surface area contributed by atoms with Crippen LogP contribution in [0.5, 0.6) is 5.75 Å². The number of allylic oxidation sites excluding steroid dienone is 2. The van der Waals surface area contributed by atoms with Crippen molar-refractivity contribution in [3.8, 4) is 5.75 Å². The maximum Gasteiger partial charge on any atom is 0.124 e. The number of hydrogen-bond acceptors (Lipinski definition) is 2. The summed E-state index contributed by atoms with van der Waals surface area (Å²) >= 11 is 0. The highest BCUT2D eigenvalue weighted by molar-refractivity contribution is 5.51. The first-order chi connectivity index (χ1) is 10.7. The van der Waals surface area contributed by atoms with Gasteiger partial charge in [0.25, 0.3) is 0 Å². The largest absolute Gasteiger partial charge is 0.507 e. The van der Waals surface area contributed by atoms with Crippen molar-refractivity contribution >= 4 is 0 Å². The van der Waals surface area contributed by atoms with E-state index in [1.54, 1.807) is 0 Å². The van der Waals surface area contributed by atoms with E-state index >= 15 is 0 Å². The van der Waals surface area contributed by atoms with Crippen molar-refractivity contribution in [2.24, 2.45) is 0 Å². The van der Waals surface area contributed by atoms with E-state index in [0.29, 0.717) is 17.7 Å². The minimum absolute atomic E-state index is 0.380. The van der Waals surface area contributed by atoms with Gasteiger partial charge in [-0.1, -0.05) is 43.5 Å². The predicted octanol–water partition coefficient (Wildman–Crippen LogP) is 4.98. The number of benzene rings is 1.